The molecule has 1 atom stereocenters. The van der Waals surface area contributed by atoms with E-state index in [1.807, 2.05) is 0 Å². The summed E-state index contributed by atoms with van der Waals surface area (Å²) < 4.78 is 47.1. The van der Waals surface area contributed by atoms with Gasteiger partial charge in [-0.1, -0.05) is 23.7 Å². The van der Waals surface area contributed by atoms with Crippen LogP contribution in [0.4, 0.5) is 10.3 Å². The van der Waals surface area contributed by atoms with Crippen LogP contribution >= 0.6 is 0 Å². The smallest absolute Gasteiger partial charge is 0.249 e. The van der Waals surface area contributed by atoms with Crippen molar-refractivity contribution in [3.8, 4) is 11.1 Å². The number of nitrogens with zero attached hydrogens (tertiary/aromatic N) is 4. The lowest BCUT2D eigenvalue weighted by Crippen LogP contribution is -2.39. The average Bonchev–Trinajstić information content (AvgIpc) is 3.07. The van der Waals surface area contributed by atoms with E-state index in [-0.39, 0.29) is 22.4 Å². The molecule has 4 rings (SSSR count). The molecule has 8 nitrogen and oxygen atoms in total. The van der Waals surface area contributed by atoms with Crippen LogP contribution in [0.15, 0.2) is 39.9 Å². The van der Waals surface area contributed by atoms with Crippen molar-refractivity contribution < 1.29 is 17.3 Å². The molecule has 3 heterocycles. The monoisotopic (exact) mass is 431 g/mol. The highest BCUT2D eigenvalue weighted by atomic mass is 32.2. The molecule has 1 saturated heterocycles. The van der Waals surface area contributed by atoms with Crippen molar-refractivity contribution >= 4 is 16.0 Å². The first-order chi connectivity index (χ1) is 14.3. The highest BCUT2D eigenvalue weighted by molar-refractivity contribution is 7.89. The number of benzene rings is 1. The first-order valence-electron chi connectivity index (χ1n) is 9.62. The number of hydrogen-bond donors (Lipinski definition) is 1. The van der Waals surface area contributed by atoms with Gasteiger partial charge in [-0.2, -0.15) is 4.31 Å². The van der Waals surface area contributed by atoms with Gasteiger partial charge in [0.2, 0.25) is 16.0 Å². The summed E-state index contributed by atoms with van der Waals surface area (Å²) >= 11 is 0. The molecule has 0 aliphatic carbocycles. The van der Waals surface area contributed by atoms with Crippen molar-refractivity contribution in [2.45, 2.75) is 44.0 Å². The molecular weight excluding hydrogens is 409 g/mol. The predicted molar refractivity (Wildman–Crippen MR) is 108 cm³/mol. The van der Waals surface area contributed by atoms with E-state index in [9.17, 15) is 12.8 Å². The minimum Gasteiger partial charge on any atom is -0.368 e. The topological polar surface area (TPSA) is 115 Å². The number of halogens is 1. The molecule has 2 N–H and O–H groups in total. The standard InChI is InChI=1S/C20H22FN5O3S/c1-12-19(13(2)29-25-12)30(27,28)26-10-4-3-5-17(26)18-16(11-23-20(22)24-18)14-6-8-15(21)9-7-14/h6-9,11,17H,3-5,10H2,1-2H3,(H2,22,23,24)/t17-/m1/s1. The van der Waals surface area contributed by atoms with Crippen molar-refractivity contribution in [2.24, 2.45) is 0 Å². The highest BCUT2D eigenvalue weighted by Crippen LogP contribution is 2.39. The lowest BCUT2D eigenvalue weighted by Gasteiger charge is -2.35. The lowest BCUT2D eigenvalue weighted by molar-refractivity contribution is 0.251. The maximum absolute atomic E-state index is 13.6. The molecular formula is C20H22FN5O3S. The van der Waals surface area contributed by atoms with Crippen LogP contribution in [-0.2, 0) is 10.0 Å². The first kappa shape index (κ1) is 20.4. The van der Waals surface area contributed by atoms with E-state index < -0.39 is 16.1 Å². The predicted octanol–water partition coefficient (Wildman–Crippen LogP) is 3.39. The molecule has 1 aliphatic rings. The number of nitrogens with two attached hydrogens (primary N) is 1. The summed E-state index contributed by atoms with van der Waals surface area (Å²) in [5, 5.41) is 3.80. The third-order valence-corrected chi connectivity index (χ3v) is 7.45. The second-order valence-electron chi connectivity index (χ2n) is 7.31. The fraction of sp³-hybridized carbons (Fsp3) is 0.350. The van der Waals surface area contributed by atoms with Gasteiger partial charge >= 0.3 is 0 Å². The molecule has 0 saturated carbocycles. The fourth-order valence-corrected chi connectivity index (χ4v) is 5.90. The summed E-state index contributed by atoms with van der Waals surface area (Å²) in [6.45, 7) is 3.53. The Bertz CT molecular complexity index is 1160. The van der Waals surface area contributed by atoms with Gasteiger partial charge in [0.1, 0.15) is 16.4 Å². The number of aromatic nitrogens is 3. The van der Waals surface area contributed by atoms with E-state index in [1.165, 1.54) is 16.4 Å². The molecule has 2 aromatic heterocycles. The molecule has 0 spiro atoms. The van der Waals surface area contributed by atoms with E-state index in [0.29, 0.717) is 35.5 Å². The molecule has 10 heteroatoms. The van der Waals surface area contributed by atoms with Crippen LogP contribution in [0, 0.1) is 19.7 Å². The third-order valence-electron chi connectivity index (χ3n) is 5.30. The summed E-state index contributed by atoms with van der Waals surface area (Å²) in [7, 11) is -3.88. The van der Waals surface area contributed by atoms with Crippen LogP contribution < -0.4 is 5.73 Å². The Morgan fingerprint density at radius 2 is 1.93 bits per heavy atom. The summed E-state index contributed by atoms with van der Waals surface area (Å²) in [5.41, 5.74) is 7.99. The van der Waals surface area contributed by atoms with Crippen LogP contribution in [0.25, 0.3) is 11.1 Å². The van der Waals surface area contributed by atoms with Crippen molar-refractivity contribution in [1.29, 1.82) is 0 Å². The Morgan fingerprint density at radius 3 is 2.60 bits per heavy atom. The van der Waals surface area contributed by atoms with Gasteiger partial charge in [-0.15, -0.1) is 0 Å². The Balaban J connectivity index is 1.84. The Hall–Kier alpha value is -2.85. The van der Waals surface area contributed by atoms with Crippen LogP contribution in [0.2, 0.25) is 0 Å². The van der Waals surface area contributed by atoms with Crippen LogP contribution in [0.1, 0.15) is 42.5 Å². The highest BCUT2D eigenvalue weighted by Gasteiger charge is 2.39. The molecule has 0 bridgehead atoms. The molecule has 0 unspecified atom stereocenters. The molecule has 158 valence electrons. The minimum absolute atomic E-state index is 0.0520. The number of hydrogen-bond acceptors (Lipinski definition) is 7. The van der Waals surface area contributed by atoms with Crippen LogP contribution in [0.5, 0.6) is 0 Å². The van der Waals surface area contributed by atoms with Crippen LogP contribution in [-0.4, -0.2) is 34.4 Å². The fourth-order valence-electron chi connectivity index (χ4n) is 3.94. The van der Waals surface area contributed by atoms with Gasteiger partial charge < -0.3 is 10.3 Å². The molecule has 3 aromatic rings. The Kier molecular flexibility index (Phi) is 5.29. The van der Waals surface area contributed by atoms with E-state index in [4.69, 9.17) is 10.3 Å². The van der Waals surface area contributed by atoms with Gasteiger partial charge in [0.05, 0.1) is 11.7 Å². The SMILES string of the molecule is Cc1noc(C)c1S(=O)(=O)N1CCCC[C@@H]1c1nc(N)ncc1-c1ccc(F)cc1. The molecule has 1 fully saturated rings. The summed E-state index contributed by atoms with van der Waals surface area (Å²) in [4.78, 5) is 8.58. The zero-order valence-corrected chi connectivity index (χ0v) is 17.5. The Morgan fingerprint density at radius 1 is 1.20 bits per heavy atom. The van der Waals surface area contributed by atoms with Gasteiger partial charge in [-0.25, -0.2) is 22.8 Å². The number of sulfonamides is 1. The quantitative estimate of drug-likeness (QED) is 0.673. The molecule has 30 heavy (non-hydrogen) atoms. The summed E-state index contributed by atoms with van der Waals surface area (Å²) in [6, 6.07) is 5.37. The van der Waals surface area contributed by atoms with E-state index in [1.54, 1.807) is 32.2 Å². The van der Waals surface area contributed by atoms with Crippen molar-refractivity contribution in [3.05, 3.63) is 53.4 Å². The van der Waals surface area contributed by atoms with Gasteiger partial charge in [0.15, 0.2) is 5.76 Å². The number of piperidine rings is 1. The molecule has 1 aromatic carbocycles. The van der Waals surface area contributed by atoms with Gasteiger partial charge in [-0.05, 0) is 44.4 Å². The van der Waals surface area contributed by atoms with Gasteiger partial charge in [-0.3, -0.25) is 0 Å². The summed E-state index contributed by atoms with van der Waals surface area (Å²) in [6.07, 6.45) is 3.70. The zero-order chi connectivity index (χ0) is 21.5. The third kappa shape index (κ3) is 3.56. The zero-order valence-electron chi connectivity index (χ0n) is 16.7. The number of aryl methyl sites for hydroxylation is 2. The van der Waals surface area contributed by atoms with E-state index >= 15 is 0 Å². The van der Waals surface area contributed by atoms with Crippen molar-refractivity contribution in [2.75, 3.05) is 12.3 Å². The maximum Gasteiger partial charge on any atom is 0.249 e. The Labute approximate surface area is 174 Å². The number of anilines is 1. The summed E-state index contributed by atoms with van der Waals surface area (Å²) in [5.74, 6) is -0.0640. The second kappa shape index (κ2) is 7.77. The van der Waals surface area contributed by atoms with E-state index in [0.717, 1.165) is 12.8 Å². The maximum atomic E-state index is 13.6. The average molecular weight is 431 g/mol. The van der Waals surface area contributed by atoms with Gasteiger partial charge in [0, 0.05) is 18.3 Å². The van der Waals surface area contributed by atoms with E-state index in [2.05, 4.69) is 15.1 Å². The van der Waals surface area contributed by atoms with Gasteiger partial charge in [0.25, 0.3) is 0 Å². The number of nitrogen functional groups attached to an aromatic ring is 1. The largest absolute Gasteiger partial charge is 0.368 e. The first-order valence-corrected chi connectivity index (χ1v) is 11.1. The second-order valence-corrected chi connectivity index (χ2v) is 9.14. The van der Waals surface area contributed by atoms with Crippen LogP contribution in [0.3, 0.4) is 0 Å². The minimum atomic E-state index is -3.88. The molecule has 0 amide bonds. The van der Waals surface area contributed by atoms with Crippen molar-refractivity contribution in [3.63, 3.8) is 0 Å². The normalized spacial score (nSPS) is 17.9. The molecule has 0 radical (unpaired) electrons. The number of rotatable bonds is 4. The molecule has 1 aliphatic heterocycles. The lowest BCUT2D eigenvalue weighted by atomic mass is 9.95. The van der Waals surface area contributed by atoms with Crippen molar-refractivity contribution in [1.82, 2.24) is 19.4 Å².